The molecule has 0 radical (unpaired) electrons. The number of nitrogens with one attached hydrogen (secondary N) is 3. The van der Waals surface area contributed by atoms with Crippen LogP contribution in [0.15, 0.2) is 18.3 Å². The van der Waals surface area contributed by atoms with Crippen LogP contribution in [-0.2, 0) is 11.3 Å². The predicted molar refractivity (Wildman–Crippen MR) is 104 cm³/mol. The number of carbonyl (C=O) groups excluding carboxylic acids is 2. The van der Waals surface area contributed by atoms with Crippen LogP contribution in [0.1, 0.15) is 25.0 Å². The highest BCUT2D eigenvalue weighted by Gasteiger charge is 2.21. The van der Waals surface area contributed by atoms with Gasteiger partial charge in [-0.1, -0.05) is 0 Å². The predicted octanol–water partition coefficient (Wildman–Crippen LogP) is 0.867. The maximum Gasteiger partial charge on any atom is 0.315 e. The number of nitrogens with zero attached hydrogens (tertiary/aromatic N) is 3. The van der Waals surface area contributed by atoms with Gasteiger partial charge in [-0.15, -0.1) is 0 Å². The first-order chi connectivity index (χ1) is 13.1. The number of carbonyl (C=O) groups is 2. The van der Waals surface area contributed by atoms with Gasteiger partial charge in [0.1, 0.15) is 0 Å². The van der Waals surface area contributed by atoms with E-state index in [1.54, 1.807) is 12.3 Å². The zero-order chi connectivity index (χ0) is 19.1. The van der Waals surface area contributed by atoms with Crippen LogP contribution >= 0.6 is 0 Å². The number of anilines is 1. The van der Waals surface area contributed by atoms with Crippen LogP contribution in [0.5, 0.6) is 0 Å². The molecule has 2 aliphatic rings. The lowest BCUT2D eigenvalue weighted by Crippen LogP contribution is -2.45. The zero-order valence-electron chi connectivity index (χ0n) is 16.0. The SMILES string of the molecule is CN1CCN(CCC(=O)Nc2cccnc2CNC(=O)NCC2CC2)CC1. The van der Waals surface area contributed by atoms with Gasteiger partial charge in [0.05, 0.1) is 17.9 Å². The summed E-state index contributed by atoms with van der Waals surface area (Å²) in [5, 5.41) is 8.60. The van der Waals surface area contributed by atoms with Gasteiger partial charge in [0.2, 0.25) is 5.91 Å². The van der Waals surface area contributed by atoms with Crippen LogP contribution in [0.3, 0.4) is 0 Å². The van der Waals surface area contributed by atoms with Crippen molar-refractivity contribution in [3.05, 3.63) is 24.0 Å². The maximum absolute atomic E-state index is 12.3. The highest BCUT2D eigenvalue weighted by molar-refractivity contribution is 5.91. The van der Waals surface area contributed by atoms with Gasteiger partial charge in [0, 0.05) is 51.9 Å². The Labute approximate surface area is 160 Å². The Hall–Kier alpha value is -2.19. The van der Waals surface area contributed by atoms with Gasteiger partial charge in [-0.25, -0.2) is 4.79 Å². The summed E-state index contributed by atoms with van der Waals surface area (Å²) in [7, 11) is 2.12. The molecule has 0 unspecified atom stereocenters. The lowest BCUT2D eigenvalue weighted by Gasteiger charge is -2.32. The number of pyridine rings is 1. The van der Waals surface area contributed by atoms with Crippen LogP contribution in [0, 0.1) is 5.92 Å². The molecule has 1 aromatic heterocycles. The van der Waals surface area contributed by atoms with Gasteiger partial charge < -0.3 is 25.8 Å². The van der Waals surface area contributed by atoms with E-state index in [-0.39, 0.29) is 18.5 Å². The Kier molecular flexibility index (Phi) is 7.00. The van der Waals surface area contributed by atoms with Gasteiger partial charge in [0.15, 0.2) is 0 Å². The van der Waals surface area contributed by atoms with E-state index in [0.29, 0.717) is 23.7 Å². The van der Waals surface area contributed by atoms with Crippen molar-refractivity contribution < 1.29 is 9.59 Å². The van der Waals surface area contributed by atoms with Crippen molar-refractivity contribution in [2.45, 2.75) is 25.8 Å². The van der Waals surface area contributed by atoms with E-state index in [1.807, 2.05) is 6.07 Å². The third kappa shape index (κ3) is 6.80. The van der Waals surface area contributed by atoms with E-state index < -0.39 is 0 Å². The molecule has 0 bridgehead atoms. The average molecular weight is 374 g/mol. The van der Waals surface area contributed by atoms with Gasteiger partial charge in [-0.05, 0) is 37.9 Å². The Bertz CT molecular complexity index is 641. The van der Waals surface area contributed by atoms with Gasteiger partial charge >= 0.3 is 6.03 Å². The molecule has 1 aliphatic carbocycles. The molecular formula is C19H30N6O2. The third-order valence-corrected chi connectivity index (χ3v) is 5.08. The summed E-state index contributed by atoms with van der Waals surface area (Å²) in [5.74, 6) is 0.613. The first-order valence-corrected chi connectivity index (χ1v) is 9.76. The van der Waals surface area contributed by atoms with Crippen molar-refractivity contribution in [3.8, 4) is 0 Å². The summed E-state index contributed by atoms with van der Waals surface area (Å²) >= 11 is 0. The van der Waals surface area contributed by atoms with Crippen molar-refractivity contribution >= 4 is 17.6 Å². The number of urea groups is 1. The molecule has 8 nitrogen and oxygen atoms in total. The molecule has 0 spiro atoms. The van der Waals surface area contributed by atoms with E-state index in [4.69, 9.17) is 0 Å². The number of amides is 3. The third-order valence-electron chi connectivity index (χ3n) is 5.08. The van der Waals surface area contributed by atoms with Crippen LogP contribution in [0.25, 0.3) is 0 Å². The average Bonchev–Trinajstić information content (AvgIpc) is 3.50. The highest BCUT2D eigenvalue weighted by atomic mass is 16.2. The second-order valence-corrected chi connectivity index (χ2v) is 7.45. The van der Waals surface area contributed by atoms with Crippen LogP contribution < -0.4 is 16.0 Å². The van der Waals surface area contributed by atoms with E-state index in [2.05, 4.69) is 37.8 Å². The zero-order valence-corrected chi connectivity index (χ0v) is 16.0. The number of hydrogen-bond donors (Lipinski definition) is 3. The molecule has 0 aromatic carbocycles. The Balaban J connectivity index is 1.42. The summed E-state index contributed by atoms with van der Waals surface area (Å²) in [6.07, 6.45) is 4.52. The molecular weight excluding hydrogens is 344 g/mol. The number of likely N-dealkylation sites (N-methyl/N-ethyl adjacent to an activating group) is 1. The lowest BCUT2D eigenvalue weighted by atomic mass is 10.2. The van der Waals surface area contributed by atoms with E-state index in [0.717, 1.165) is 39.3 Å². The van der Waals surface area contributed by atoms with Crippen LogP contribution in [0.2, 0.25) is 0 Å². The van der Waals surface area contributed by atoms with Gasteiger partial charge in [-0.3, -0.25) is 9.78 Å². The summed E-state index contributed by atoms with van der Waals surface area (Å²) in [6, 6.07) is 3.41. The fourth-order valence-electron chi connectivity index (χ4n) is 3.02. The largest absolute Gasteiger partial charge is 0.338 e. The van der Waals surface area contributed by atoms with E-state index in [9.17, 15) is 9.59 Å². The molecule has 2 heterocycles. The van der Waals surface area contributed by atoms with Crippen molar-refractivity contribution in [3.63, 3.8) is 0 Å². The first-order valence-electron chi connectivity index (χ1n) is 9.76. The second-order valence-electron chi connectivity index (χ2n) is 7.45. The standard InChI is InChI=1S/C19H30N6O2/c1-24-9-11-25(12-10-24)8-6-18(26)23-16-3-2-7-20-17(16)14-22-19(27)21-13-15-4-5-15/h2-3,7,15H,4-6,8-14H2,1H3,(H,23,26)(H2,21,22,27). The van der Waals surface area contributed by atoms with Crippen molar-refractivity contribution in [1.29, 1.82) is 0 Å². The molecule has 27 heavy (non-hydrogen) atoms. The van der Waals surface area contributed by atoms with Crippen LogP contribution in [-0.4, -0.2) is 73.0 Å². The monoisotopic (exact) mass is 374 g/mol. The summed E-state index contributed by atoms with van der Waals surface area (Å²) in [6.45, 7) is 5.86. The lowest BCUT2D eigenvalue weighted by molar-refractivity contribution is -0.116. The molecule has 148 valence electrons. The van der Waals surface area contributed by atoms with E-state index >= 15 is 0 Å². The molecule has 3 amide bonds. The molecule has 1 aliphatic heterocycles. The highest BCUT2D eigenvalue weighted by Crippen LogP contribution is 2.27. The number of aromatic nitrogens is 1. The Morgan fingerprint density at radius 3 is 2.70 bits per heavy atom. The maximum atomic E-state index is 12.3. The number of piperazine rings is 1. The minimum absolute atomic E-state index is 0.0265. The molecule has 8 heteroatoms. The fraction of sp³-hybridized carbons (Fsp3) is 0.632. The number of hydrogen-bond acceptors (Lipinski definition) is 5. The molecule has 0 atom stereocenters. The van der Waals surface area contributed by atoms with Crippen molar-refractivity contribution in [2.75, 3.05) is 51.6 Å². The topological polar surface area (TPSA) is 89.6 Å². The van der Waals surface area contributed by atoms with Crippen LogP contribution in [0.4, 0.5) is 10.5 Å². The summed E-state index contributed by atoms with van der Waals surface area (Å²) in [4.78, 5) is 33.1. The van der Waals surface area contributed by atoms with Crippen molar-refractivity contribution in [1.82, 2.24) is 25.4 Å². The van der Waals surface area contributed by atoms with Gasteiger partial charge in [-0.2, -0.15) is 0 Å². The molecule has 2 fully saturated rings. The molecule has 3 N–H and O–H groups in total. The number of rotatable bonds is 8. The minimum Gasteiger partial charge on any atom is -0.338 e. The first kappa shape index (κ1) is 19.6. The molecule has 1 aromatic rings. The second kappa shape index (κ2) is 9.66. The smallest absolute Gasteiger partial charge is 0.315 e. The summed E-state index contributed by atoms with van der Waals surface area (Å²) in [5.41, 5.74) is 1.32. The Morgan fingerprint density at radius 2 is 1.96 bits per heavy atom. The normalized spacial score (nSPS) is 18.1. The van der Waals surface area contributed by atoms with E-state index in [1.165, 1.54) is 12.8 Å². The van der Waals surface area contributed by atoms with Crippen molar-refractivity contribution in [2.24, 2.45) is 5.92 Å². The summed E-state index contributed by atoms with van der Waals surface area (Å²) < 4.78 is 0. The fourth-order valence-corrected chi connectivity index (χ4v) is 3.02. The minimum atomic E-state index is -0.195. The quantitative estimate of drug-likeness (QED) is 0.628. The molecule has 1 saturated heterocycles. The molecule has 3 rings (SSSR count). The molecule has 1 saturated carbocycles. The Morgan fingerprint density at radius 1 is 1.19 bits per heavy atom. The van der Waals surface area contributed by atoms with Gasteiger partial charge in [0.25, 0.3) is 0 Å².